The van der Waals surface area contributed by atoms with Gasteiger partial charge in [-0.2, -0.15) is 0 Å². The van der Waals surface area contributed by atoms with Crippen molar-refractivity contribution in [3.8, 4) is 0 Å². The summed E-state index contributed by atoms with van der Waals surface area (Å²) in [5, 5.41) is 0.944. The first kappa shape index (κ1) is 10.6. The molecule has 0 bridgehead atoms. The standard InChI is InChI=1S/C10H17ClNO/c1-8-9(7-13-4)5-12(2,3)6-10(8)11/h7H,5-6H2,1-4H3/q+1/b9-7-. The summed E-state index contributed by atoms with van der Waals surface area (Å²) in [5.41, 5.74) is 2.37. The van der Waals surface area contributed by atoms with Gasteiger partial charge < -0.3 is 9.22 Å². The van der Waals surface area contributed by atoms with Gasteiger partial charge in [0.15, 0.2) is 0 Å². The van der Waals surface area contributed by atoms with Crippen LogP contribution in [0.5, 0.6) is 0 Å². The minimum Gasteiger partial charge on any atom is -0.504 e. The van der Waals surface area contributed by atoms with E-state index in [1.165, 1.54) is 11.1 Å². The SMILES string of the molecule is CO/C=C1/C[N+](C)(C)CC(Cl)=C1C. The molecule has 1 heterocycles. The molecule has 1 aliphatic rings. The Labute approximate surface area is 85.0 Å². The largest absolute Gasteiger partial charge is 0.504 e. The van der Waals surface area contributed by atoms with Crippen LogP contribution in [-0.2, 0) is 4.74 Å². The molecule has 0 unspecified atom stereocenters. The van der Waals surface area contributed by atoms with Crippen LogP contribution in [0.2, 0.25) is 0 Å². The van der Waals surface area contributed by atoms with E-state index in [0.717, 1.165) is 22.6 Å². The Balaban J connectivity index is 2.99. The maximum Gasteiger partial charge on any atom is 0.115 e. The average Bonchev–Trinajstić information content (AvgIpc) is 1.99. The van der Waals surface area contributed by atoms with Gasteiger partial charge in [-0.1, -0.05) is 11.6 Å². The van der Waals surface area contributed by atoms with E-state index in [0.29, 0.717) is 0 Å². The second-order valence-corrected chi connectivity index (χ2v) is 4.62. The Hall–Kier alpha value is -0.470. The van der Waals surface area contributed by atoms with Crippen molar-refractivity contribution >= 4 is 11.6 Å². The van der Waals surface area contributed by atoms with Crippen molar-refractivity contribution in [2.45, 2.75) is 6.92 Å². The lowest BCUT2D eigenvalue weighted by Crippen LogP contribution is -2.45. The topological polar surface area (TPSA) is 9.23 Å². The number of hydrogen-bond acceptors (Lipinski definition) is 1. The van der Waals surface area contributed by atoms with Crippen molar-refractivity contribution in [1.82, 2.24) is 0 Å². The van der Waals surface area contributed by atoms with Gasteiger partial charge in [0.1, 0.15) is 13.1 Å². The molecule has 3 heteroatoms. The Kier molecular flexibility index (Phi) is 3.04. The van der Waals surface area contributed by atoms with Crippen LogP contribution in [0.1, 0.15) is 6.92 Å². The molecular formula is C10H17ClNO+. The summed E-state index contributed by atoms with van der Waals surface area (Å²) in [6, 6.07) is 0. The number of ether oxygens (including phenoxy) is 1. The Morgan fingerprint density at radius 3 is 2.54 bits per heavy atom. The molecule has 0 radical (unpaired) electrons. The molecule has 0 aliphatic carbocycles. The number of halogens is 1. The van der Waals surface area contributed by atoms with E-state index in [1.54, 1.807) is 13.4 Å². The molecule has 0 aromatic heterocycles. The van der Waals surface area contributed by atoms with E-state index in [9.17, 15) is 0 Å². The fraction of sp³-hybridized carbons (Fsp3) is 0.600. The van der Waals surface area contributed by atoms with Gasteiger partial charge in [-0.25, -0.2) is 0 Å². The van der Waals surface area contributed by atoms with Gasteiger partial charge in [-0.3, -0.25) is 0 Å². The van der Waals surface area contributed by atoms with E-state index in [1.807, 2.05) is 6.92 Å². The second-order valence-electron chi connectivity index (χ2n) is 4.16. The van der Waals surface area contributed by atoms with Crippen LogP contribution in [0.25, 0.3) is 0 Å². The first-order valence-electron chi connectivity index (χ1n) is 4.36. The molecule has 2 nitrogen and oxygen atoms in total. The smallest absolute Gasteiger partial charge is 0.115 e. The van der Waals surface area contributed by atoms with Crippen LogP contribution in [0.3, 0.4) is 0 Å². The van der Waals surface area contributed by atoms with Crippen molar-refractivity contribution in [2.24, 2.45) is 0 Å². The first-order valence-corrected chi connectivity index (χ1v) is 4.73. The highest BCUT2D eigenvalue weighted by Crippen LogP contribution is 2.27. The molecule has 74 valence electrons. The maximum absolute atomic E-state index is 6.15. The van der Waals surface area contributed by atoms with E-state index in [4.69, 9.17) is 16.3 Å². The van der Waals surface area contributed by atoms with Crippen molar-refractivity contribution in [1.29, 1.82) is 0 Å². The molecule has 1 rings (SSSR count). The highest BCUT2D eigenvalue weighted by molar-refractivity contribution is 6.30. The molecule has 13 heavy (non-hydrogen) atoms. The lowest BCUT2D eigenvalue weighted by Gasteiger charge is -2.34. The van der Waals surface area contributed by atoms with Gasteiger partial charge in [0.25, 0.3) is 0 Å². The third-order valence-electron chi connectivity index (χ3n) is 2.31. The number of quaternary nitrogens is 1. The molecule has 0 spiro atoms. The predicted octanol–water partition coefficient (Wildman–Crippen LogP) is 2.12. The molecule has 0 fully saturated rings. The minimum atomic E-state index is 0.894. The zero-order valence-electron chi connectivity index (χ0n) is 8.72. The molecule has 0 aromatic carbocycles. The predicted molar refractivity (Wildman–Crippen MR) is 55.5 cm³/mol. The van der Waals surface area contributed by atoms with Crippen molar-refractivity contribution in [3.63, 3.8) is 0 Å². The molecule has 0 N–H and O–H groups in total. The third kappa shape index (κ3) is 2.48. The number of methoxy groups -OCH3 is 1. The fourth-order valence-corrected chi connectivity index (χ4v) is 2.02. The number of likely N-dealkylation sites (N-methyl/N-ethyl adjacent to an activating group) is 1. The quantitative estimate of drug-likeness (QED) is 0.468. The van der Waals surface area contributed by atoms with Gasteiger partial charge in [-0.05, 0) is 12.5 Å². The third-order valence-corrected chi connectivity index (χ3v) is 2.72. The number of rotatable bonds is 1. The maximum atomic E-state index is 6.15. The summed E-state index contributed by atoms with van der Waals surface area (Å²) in [6.45, 7) is 3.94. The summed E-state index contributed by atoms with van der Waals surface area (Å²) in [7, 11) is 6.00. The zero-order valence-corrected chi connectivity index (χ0v) is 9.48. The molecule has 0 saturated carbocycles. The number of nitrogens with zero attached hydrogens (tertiary/aromatic N) is 1. The number of hydrogen-bond donors (Lipinski definition) is 0. The highest BCUT2D eigenvalue weighted by atomic mass is 35.5. The molecule has 0 atom stereocenters. The highest BCUT2D eigenvalue weighted by Gasteiger charge is 2.27. The average molecular weight is 203 g/mol. The molecule has 0 saturated heterocycles. The van der Waals surface area contributed by atoms with Gasteiger partial charge >= 0.3 is 0 Å². The summed E-state index contributed by atoms with van der Waals surface area (Å²) >= 11 is 6.15. The zero-order chi connectivity index (χ0) is 10.1. The normalized spacial score (nSPS) is 25.2. The molecule has 0 aromatic rings. The van der Waals surface area contributed by atoms with E-state index in [2.05, 4.69) is 14.1 Å². The first-order chi connectivity index (χ1) is 5.96. The summed E-state index contributed by atoms with van der Waals surface area (Å²) in [4.78, 5) is 0. The summed E-state index contributed by atoms with van der Waals surface area (Å²) in [5.74, 6) is 0. The van der Waals surface area contributed by atoms with Gasteiger partial charge in [0.05, 0.1) is 32.5 Å². The van der Waals surface area contributed by atoms with Crippen LogP contribution < -0.4 is 0 Å². The molecular weight excluding hydrogens is 186 g/mol. The second kappa shape index (κ2) is 3.72. The Bertz CT molecular complexity index is 266. The van der Waals surface area contributed by atoms with Gasteiger partial charge in [0.2, 0.25) is 0 Å². The molecule has 1 aliphatic heterocycles. The monoisotopic (exact) mass is 202 g/mol. The lowest BCUT2D eigenvalue weighted by molar-refractivity contribution is -0.881. The van der Waals surface area contributed by atoms with Gasteiger partial charge in [0, 0.05) is 5.57 Å². The van der Waals surface area contributed by atoms with Crippen LogP contribution in [0, 0.1) is 0 Å². The van der Waals surface area contributed by atoms with Crippen LogP contribution in [-0.4, -0.2) is 38.8 Å². The van der Waals surface area contributed by atoms with Crippen molar-refractivity contribution < 1.29 is 9.22 Å². The van der Waals surface area contributed by atoms with Gasteiger partial charge in [-0.15, -0.1) is 0 Å². The Morgan fingerprint density at radius 2 is 2.00 bits per heavy atom. The van der Waals surface area contributed by atoms with E-state index < -0.39 is 0 Å². The Morgan fingerprint density at radius 1 is 1.38 bits per heavy atom. The minimum absolute atomic E-state index is 0.894. The van der Waals surface area contributed by atoms with Crippen molar-refractivity contribution in [2.75, 3.05) is 34.3 Å². The van der Waals surface area contributed by atoms with Crippen molar-refractivity contribution in [3.05, 3.63) is 22.4 Å². The van der Waals surface area contributed by atoms with E-state index >= 15 is 0 Å². The van der Waals surface area contributed by atoms with Crippen LogP contribution in [0.4, 0.5) is 0 Å². The van der Waals surface area contributed by atoms with Crippen LogP contribution >= 0.6 is 11.6 Å². The lowest BCUT2D eigenvalue weighted by atomic mass is 10.0. The van der Waals surface area contributed by atoms with Crippen LogP contribution in [0.15, 0.2) is 22.4 Å². The fourth-order valence-electron chi connectivity index (χ4n) is 1.57. The molecule has 0 amide bonds. The van der Waals surface area contributed by atoms with E-state index in [-0.39, 0.29) is 0 Å². The summed E-state index contributed by atoms with van der Waals surface area (Å²) in [6.07, 6.45) is 1.79. The summed E-state index contributed by atoms with van der Waals surface area (Å²) < 4.78 is 5.92.